The van der Waals surface area contributed by atoms with Gasteiger partial charge < -0.3 is 9.22 Å². The number of thioether (sulfide) groups is 1. The molecule has 0 aromatic rings. The molecule has 0 aliphatic carbocycles. The molecule has 2 nitrogen and oxygen atoms in total. The molecule has 0 spiro atoms. The van der Waals surface area contributed by atoms with Crippen LogP contribution in [0.25, 0.3) is 0 Å². The van der Waals surface area contributed by atoms with E-state index in [1.165, 1.54) is 25.1 Å². The van der Waals surface area contributed by atoms with Crippen LogP contribution >= 0.6 is 11.8 Å². The summed E-state index contributed by atoms with van der Waals surface area (Å²) < 4.78 is 7.09. The van der Waals surface area contributed by atoms with Crippen LogP contribution in [0.5, 0.6) is 0 Å². The average molecular weight is 202 g/mol. The minimum absolute atomic E-state index is 0.422. The third-order valence-corrected chi connectivity index (χ3v) is 4.52. The van der Waals surface area contributed by atoms with E-state index in [0.717, 1.165) is 10.5 Å². The maximum absolute atomic E-state index is 5.93. The van der Waals surface area contributed by atoms with Gasteiger partial charge in [0.05, 0.1) is 20.6 Å². The number of nitrogens with zero attached hydrogens (tertiary/aromatic N) is 1. The zero-order valence-corrected chi connectivity index (χ0v) is 9.64. The van der Waals surface area contributed by atoms with Crippen molar-refractivity contribution in [2.24, 2.45) is 0 Å². The summed E-state index contributed by atoms with van der Waals surface area (Å²) in [6, 6.07) is 0.748. The fourth-order valence-electron chi connectivity index (χ4n) is 2.62. The van der Waals surface area contributed by atoms with Crippen LogP contribution in [0.3, 0.4) is 0 Å². The van der Waals surface area contributed by atoms with Crippen molar-refractivity contribution in [1.29, 1.82) is 0 Å². The number of hydrogen-bond acceptors (Lipinski definition) is 2. The number of likely N-dealkylation sites (tertiary alicyclic amines) is 1. The predicted molar refractivity (Wildman–Crippen MR) is 56.8 cm³/mol. The molecular formula is C10H20NOS+. The minimum atomic E-state index is 0.422. The zero-order valence-electron chi connectivity index (χ0n) is 8.82. The third kappa shape index (κ3) is 1.88. The maximum Gasteiger partial charge on any atom is 0.120 e. The highest BCUT2D eigenvalue weighted by Crippen LogP contribution is 2.34. The molecule has 0 saturated carbocycles. The van der Waals surface area contributed by atoms with Crippen molar-refractivity contribution in [2.75, 3.05) is 26.4 Å². The van der Waals surface area contributed by atoms with Crippen LogP contribution in [-0.2, 0) is 4.74 Å². The molecule has 76 valence electrons. The second-order valence-corrected chi connectivity index (χ2v) is 6.12. The Balaban J connectivity index is 2.00. The average Bonchev–Trinajstić information content (AvgIpc) is 2.56. The van der Waals surface area contributed by atoms with Gasteiger partial charge in [-0.15, -0.1) is 11.8 Å². The van der Waals surface area contributed by atoms with Gasteiger partial charge in [-0.1, -0.05) is 0 Å². The Labute approximate surface area is 85.2 Å². The van der Waals surface area contributed by atoms with Crippen LogP contribution in [0.1, 0.15) is 19.8 Å². The van der Waals surface area contributed by atoms with Crippen molar-refractivity contribution in [3.63, 3.8) is 0 Å². The molecule has 2 saturated heterocycles. The van der Waals surface area contributed by atoms with Gasteiger partial charge in [0.25, 0.3) is 0 Å². The first-order valence-electron chi connectivity index (χ1n) is 5.19. The van der Waals surface area contributed by atoms with Gasteiger partial charge >= 0.3 is 0 Å². The Kier molecular flexibility index (Phi) is 2.60. The smallest absolute Gasteiger partial charge is 0.120 e. The largest absolute Gasteiger partial charge is 0.358 e. The lowest BCUT2D eigenvalue weighted by Crippen LogP contribution is -2.50. The first-order valence-corrected chi connectivity index (χ1v) is 6.24. The van der Waals surface area contributed by atoms with Crippen LogP contribution in [-0.4, -0.2) is 48.5 Å². The first kappa shape index (κ1) is 9.81. The van der Waals surface area contributed by atoms with Gasteiger partial charge in [0.2, 0.25) is 0 Å². The molecule has 2 heterocycles. The predicted octanol–water partition coefficient (Wildman–Crippen LogP) is 1.70. The van der Waals surface area contributed by atoms with Gasteiger partial charge in [-0.25, -0.2) is 0 Å². The Morgan fingerprint density at radius 1 is 1.38 bits per heavy atom. The molecule has 0 radical (unpaired) electrons. The van der Waals surface area contributed by atoms with E-state index in [1.54, 1.807) is 0 Å². The Bertz CT molecular complexity index is 195. The molecule has 2 aliphatic heterocycles. The van der Waals surface area contributed by atoms with E-state index < -0.39 is 0 Å². The van der Waals surface area contributed by atoms with E-state index in [2.05, 4.69) is 21.0 Å². The van der Waals surface area contributed by atoms with E-state index in [4.69, 9.17) is 4.74 Å². The molecular weight excluding hydrogens is 182 g/mol. The topological polar surface area (TPSA) is 9.23 Å². The summed E-state index contributed by atoms with van der Waals surface area (Å²) in [4.78, 5) is 0. The summed E-state index contributed by atoms with van der Waals surface area (Å²) >= 11 is 1.96. The number of hydrogen-bond donors (Lipinski definition) is 0. The second-order valence-electron chi connectivity index (χ2n) is 4.79. The monoisotopic (exact) mass is 202 g/mol. The Morgan fingerprint density at radius 3 is 2.62 bits per heavy atom. The van der Waals surface area contributed by atoms with Crippen molar-refractivity contribution >= 4 is 11.8 Å². The second kappa shape index (κ2) is 3.44. The number of rotatable bonds is 1. The molecule has 3 heteroatoms. The lowest BCUT2D eigenvalue weighted by atomic mass is 10.1. The molecule has 3 atom stereocenters. The van der Waals surface area contributed by atoms with Crippen LogP contribution in [0, 0.1) is 0 Å². The molecule has 2 aliphatic rings. The third-order valence-electron chi connectivity index (χ3n) is 3.42. The van der Waals surface area contributed by atoms with Gasteiger partial charge in [-0.3, -0.25) is 0 Å². The summed E-state index contributed by atoms with van der Waals surface area (Å²) in [6.45, 7) is 3.49. The quantitative estimate of drug-likeness (QED) is 0.599. The molecule has 13 heavy (non-hydrogen) atoms. The lowest BCUT2D eigenvalue weighted by molar-refractivity contribution is -0.905. The highest BCUT2D eigenvalue weighted by atomic mass is 32.2. The Hall–Kier alpha value is 0.270. The van der Waals surface area contributed by atoms with E-state index in [1.807, 2.05) is 11.8 Å². The van der Waals surface area contributed by atoms with E-state index >= 15 is 0 Å². The van der Waals surface area contributed by atoms with E-state index in [-0.39, 0.29) is 0 Å². The summed E-state index contributed by atoms with van der Waals surface area (Å²) in [5, 5.41) is 0. The molecule has 0 unspecified atom stereocenters. The van der Waals surface area contributed by atoms with Gasteiger partial charge in [0.15, 0.2) is 0 Å². The standard InChI is InChI=1S/C10H20NOS/c1-8-12-10(7-13-8)9-5-4-6-11(9,2)3/h8-10H,4-7H2,1-3H3/q+1/t8-,9+,10+/m0/s1. The van der Waals surface area contributed by atoms with Crippen LogP contribution in [0.15, 0.2) is 0 Å². The van der Waals surface area contributed by atoms with Crippen LogP contribution < -0.4 is 0 Å². The van der Waals surface area contributed by atoms with Gasteiger partial charge in [-0.2, -0.15) is 0 Å². The number of likely N-dealkylation sites (N-methyl/N-ethyl adjacent to an activating group) is 1. The van der Waals surface area contributed by atoms with Gasteiger partial charge in [0, 0.05) is 18.6 Å². The molecule has 0 amide bonds. The highest BCUT2D eigenvalue weighted by molar-refractivity contribution is 7.99. The van der Waals surface area contributed by atoms with Crippen LogP contribution in [0.2, 0.25) is 0 Å². The molecule has 2 fully saturated rings. The number of ether oxygens (including phenoxy) is 1. The number of quaternary nitrogens is 1. The van der Waals surface area contributed by atoms with E-state index in [0.29, 0.717) is 11.5 Å². The summed E-state index contributed by atoms with van der Waals surface area (Å²) in [5.41, 5.74) is 0.422. The molecule has 0 aromatic carbocycles. The summed E-state index contributed by atoms with van der Waals surface area (Å²) in [6.07, 6.45) is 3.24. The SMILES string of the molecule is C[C@H]1O[C@@H]([C@H]2CCC[N+]2(C)C)CS1. The first-order chi connectivity index (χ1) is 6.09. The molecule has 0 aromatic heterocycles. The fraction of sp³-hybridized carbons (Fsp3) is 1.00. The molecule has 2 rings (SSSR count). The van der Waals surface area contributed by atoms with Gasteiger partial charge in [-0.05, 0) is 6.92 Å². The zero-order chi connectivity index (χ0) is 9.47. The Morgan fingerprint density at radius 2 is 2.15 bits per heavy atom. The highest BCUT2D eigenvalue weighted by Gasteiger charge is 2.43. The normalized spacial score (nSPS) is 44.1. The van der Waals surface area contributed by atoms with Crippen molar-refractivity contribution in [3.8, 4) is 0 Å². The fourth-order valence-corrected chi connectivity index (χ4v) is 3.60. The molecule has 0 N–H and O–H groups in total. The summed E-state index contributed by atoms with van der Waals surface area (Å²) in [5.74, 6) is 1.20. The maximum atomic E-state index is 5.93. The van der Waals surface area contributed by atoms with E-state index in [9.17, 15) is 0 Å². The van der Waals surface area contributed by atoms with Crippen molar-refractivity contribution in [3.05, 3.63) is 0 Å². The van der Waals surface area contributed by atoms with Crippen molar-refractivity contribution < 1.29 is 9.22 Å². The summed E-state index contributed by atoms with van der Waals surface area (Å²) in [7, 11) is 4.68. The van der Waals surface area contributed by atoms with Crippen LogP contribution in [0.4, 0.5) is 0 Å². The lowest BCUT2D eigenvalue weighted by Gasteiger charge is -2.34. The van der Waals surface area contributed by atoms with Crippen molar-refractivity contribution in [2.45, 2.75) is 37.3 Å². The van der Waals surface area contributed by atoms with Crippen molar-refractivity contribution in [1.82, 2.24) is 0 Å². The molecule has 0 bridgehead atoms. The van der Waals surface area contributed by atoms with Gasteiger partial charge in [0.1, 0.15) is 17.6 Å². The minimum Gasteiger partial charge on any atom is -0.358 e.